The molecule has 3 heteroatoms. The predicted molar refractivity (Wildman–Crippen MR) is 57.6 cm³/mol. The molecule has 1 unspecified atom stereocenters. The lowest BCUT2D eigenvalue weighted by Crippen LogP contribution is -2.09. The fraction of sp³-hybridized carbons (Fsp3) is 0.364. The van der Waals surface area contributed by atoms with Crippen LogP contribution in [0.15, 0.2) is 35.2 Å². The van der Waals surface area contributed by atoms with Crippen LogP contribution in [0.25, 0.3) is 0 Å². The Hall–Kier alpha value is -0.960. The van der Waals surface area contributed by atoms with E-state index in [0.29, 0.717) is 6.42 Å². The van der Waals surface area contributed by atoms with Gasteiger partial charge in [0.1, 0.15) is 5.78 Å². The van der Waals surface area contributed by atoms with Gasteiger partial charge in [0.15, 0.2) is 0 Å². The highest BCUT2D eigenvalue weighted by molar-refractivity contribution is 7.85. The first-order valence-electron chi connectivity index (χ1n) is 4.69. The fourth-order valence-corrected chi connectivity index (χ4v) is 2.22. The molecule has 0 amide bonds. The summed E-state index contributed by atoms with van der Waals surface area (Å²) in [6, 6.07) is 9.11. The summed E-state index contributed by atoms with van der Waals surface area (Å²) in [5.74, 6) is 0.229. The second-order valence-corrected chi connectivity index (χ2v) is 4.54. The predicted octanol–water partition coefficient (Wildman–Crippen LogP) is 2.16. The summed E-state index contributed by atoms with van der Waals surface area (Å²) < 4.78 is 11.6. The molecule has 0 N–H and O–H groups in total. The highest BCUT2D eigenvalue weighted by Gasteiger charge is 2.08. The Morgan fingerprint density at radius 2 is 1.93 bits per heavy atom. The Labute approximate surface area is 86.8 Å². The van der Waals surface area contributed by atoms with Crippen molar-refractivity contribution in [1.29, 1.82) is 0 Å². The van der Waals surface area contributed by atoms with Crippen LogP contribution in [-0.2, 0) is 15.6 Å². The van der Waals surface area contributed by atoms with Gasteiger partial charge in [0.2, 0.25) is 0 Å². The van der Waals surface area contributed by atoms with E-state index in [9.17, 15) is 9.00 Å². The minimum Gasteiger partial charge on any atom is -0.299 e. The van der Waals surface area contributed by atoms with Crippen molar-refractivity contribution >= 4 is 16.6 Å². The van der Waals surface area contributed by atoms with Gasteiger partial charge in [-0.2, -0.15) is 0 Å². The molecule has 1 atom stereocenters. The molecule has 14 heavy (non-hydrogen) atoms. The fourth-order valence-electron chi connectivity index (χ4n) is 1.15. The van der Waals surface area contributed by atoms with Crippen LogP contribution in [0.1, 0.15) is 19.8 Å². The molecule has 0 radical (unpaired) electrons. The molecule has 0 fully saturated rings. The molecule has 0 aliphatic carbocycles. The average molecular weight is 210 g/mol. The second kappa shape index (κ2) is 5.70. The first kappa shape index (κ1) is 11.1. The molecular weight excluding hydrogens is 196 g/mol. The van der Waals surface area contributed by atoms with Gasteiger partial charge < -0.3 is 0 Å². The zero-order valence-electron chi connectivity index (χ0n) is 8.23. The smallest absolute Gasteiger partial charge is 0.145 e. The monoisotopic (exact) mass is 210 g/mol. The van der Waals surface area contributed by atoms with Crippen molar-refractivity contribution in [2.45, 2.75) is 24.7 Å². The Morgan fingerprint density at radius 1 is 1.29 bits per heavy atom. The third-order valence-electron chi connectivity index (χ3n) is 1.83. The number of carbonyl (C=O) groups is 1. The Morgan fingerprint density at radius 3 is 2.50 bits per heavy atom. The molecule has 2 nitrogen and oxygen atoms in total. The molecule has 0 bridgehead atoms. The van der Waals surface area contributed by atoms with Crippen molar-refractivity contribution in [3.05, 3.63) is 30.3 Å². The number of rotatable bonds is 5. The number of carbonyl (C=O) groups excluding carboxylic acids is 1. The van der Waals surface area contributed by atoms with Crippen LogP contribution in [0.3, 0.4) is 0 Å². The molecule has 1 rings (SSSR count). The van der Waals surface area contributed by atoms with E-state index < -0.39 is 10.8 Å². The van der Waals surface area contributed by atoms with Gasteiger partial charge in [-0.25, -0.2) is 0 Å². The number of ketones is 1. The van der Waals surface area contributed by atoms with E-state index in [-0.39, 0.29) is 11.5 Å². The molecule has 1 aromatic carbocycles. The van der Waals surface area contributed by atoms with Crippen molar-refractivity contribution in [2.75, 3.05) is 5.75 Å². The van der Waals surface area contributed by atoms with Gasteiger partial charge in [0.05, 0.1) is 16.6 Å². The molecule has 0 aliphatic heterocycles. The third kappa shape index (κ3) is 3.42. The lowest BCUT2D eigenvalue weighted by atomic mass is 10.3. The molecule has 1 aromatic rings. The van der Waals surface area contributed by atoms with Crippen LogP contribution < -0.4 is 0 Å². The van der Waals surface area contributed by atoms with E-state index in [1.807, 2.05) is 25.1 Å². The molecular formula is C11H14O2S. The first-order valence-corrected chi connectivity index (χ1v) is 6.01. The minimum atomic E-state index is -1.16. The summed E-state index contributed by atoms with van der Waals surface area (Å²) in [6.45, 7) is 1.95. The van der Waals surface area contributed by atoms with E-state index in [1.54, 1.807) is 12.1 Å². The average Bonchev–Trinajstić information content (AvgIpc) is 2.19. The van der Waals surface area contributed by atoms with Crippen LogP contribution in [0.2, 0.25) is 0 Å². The first-order chi connectivity index (χ1) is 6.74. The summed E-state index contributed by atoms with van der Waals surface area (Å²) in [6.07, 6.45) is 1.35. The number of benzene rings is 1. The van der Waals surface area contributed by atoms with E-state index in [2.05, 4.69) is 0 Å². The highest BCUT2D eigenvalue weighted by atomic mass is 32.2. The van der Waals surface area contributed by atoms with Crippen LogP contribution in [0, 0.1) is 0 Å². The normalized spacial score (nSPS) is 12.4. The lowest BCUT2D eigenvalue weighted by molar-refractivity contribution is -0.116. The van der Waals surface area contributed by atoms with Crippen LogP contribution in [0.4, 0.5) is 0 Å². The van der Waals surface area contributed by atoms with Gasteiger partial charge in [-0.05, 0) is 18.6 Å². The Balaban J connectivity index is 2.55. The topological polar surface area (TPSA) is 34.1 Å². The summed E-state index contributed by atoms with van der Waals surface area (Å²) in [4.78, 5) is 12.0. The molecule has 76 valence electrons. The molecule has 0 spiro atoms. The van der Waals surface area contributed by atoms with Gasteiger partial charge in [0.25, 0.3) is 0 Å². The SMILES string of the molecule is CCCC(=O)CS(=O)c1ccccc1. The summed E-state index contributed by atoms with van der Waals surface area (Å²) in [7, 11) is -1.16. The van der Waals surface area contributed by atoms with Crippen molar-refractivity contribution in [3.63, 3.8) is 0 Å². The van der Waals surface area contributed by atoms with Gasteiger partial charge >= 0.3 is 0 Å². The summed E-state index contributed by atoms with van der Waals surface area (Å²) in [5, 5.41) is 0. The lowest BCUT2D eigenvalue weighted by Gasteiger charge is -2.00. The second-order valence-electron chi connectivity index (χ2n) is 3.09. The van der Waals surface area contributed by atoms with Crippen LogP contribution >= 0.6 is 0 Å². The standard InChI is InChI=1S/C11H14O2S/c1-2-6-10(12)9-14(13)11-7-4-3-5-8-11/h3-5,7-8H,2,6,9H2,1H3. The number of Topliss-reactive ketones (excluding diaryl/α,β-unsaturated/α-hetero) is 1. The van der Waals surface area contributed by atoms with Gasteiger partial charge in [0, 0.05) is 11.3 Å². The molecule has 0 heterocycles. The maximum Gasteiger partial charge on any atom is 0.145 e. The largest absolute Gasteiger partial charge is 0.299 e. The van der Waals surface area contributed by atoms with Gasteiger partial charge in [-0.15, -0.1) is 0 Å². The van der Waals surface area contributed by atoms with Crippen molar-refractivity contribution in [3.8, 4) is 0 Å². The summed E-state index contributed by atoms with van der Waals surface area (Å²) in [5.41, 5.74) is 0. The van der Waals surface area contributed by atoms with E-state index >= 15 is 0 Å². The Bertz CT molecular complexity index is 319. The van der Waals surface area contributed by atoms with Gasteiger partial charge in [-0.3, -0.25) is 9.00 Å². The van der Waals surface area contributed by atoms with Crippen molar-refractivity contribution < 1.29 is 9.00 Å². The molecule has 0 aliphatic rings. The van der Waals surface area contributed by atoms with E-state index in [0.717, 1.165) is 11.3 Å². The number of hydrogen-bond donors (Lipinski definition) is 0. The van der Waals surface area contributed by atoms with Crippen molar-refractivity contribution in [1.82, 2.24) is 0 Å². The maximum absolute atomic E-state index is 11.6. The number of hydrogen-bond acceptors (Lipinski definition) is 2. The van der Waals surface area contributed by atoms with Gasteiger partial charge in [-0.1, -0.05) is 25.1 Å². The van der Waals surface area contributed by atoms with E-state index in [1.165, 1.54) is 0 Å². The quantitative estimate of drug-likeness (QED) is 0.746. The molecule has 0 saturated carbocycles. The third-order valence-corrected chi connectivity index (χ3v) is 3.21. The highest BCUT2D eigenvalue weighted by Crippen LogP contribution is 2.06. The van der Waals surface area contributed by atoms with Crippen LogP contribution in [-0.4, -0.2) is 15.7 Å². The van der Waals surface area contributed by atoms with Crippen LogP contribution in [0.5, 0.6) is 0 Å². The van der Waals surface area contributed by atoms with E-state index in [4.69, 9.17) is 0 Å². The molecule has 0 saturated heterocycles. The van der Waals surface area contributed by atoms with Crippen molar-refractivity contribution in [2.24, 2.45) is 0 Å². The maximum atomic E-state index is 11.6. The zero-order chi connectivity index (χ0) is 10.4. The minimum absolute atomic E-state index is 0.0784. The Kier molecular flexibility index (Phi) is 4.53. The molecule has 0 aromatic heterocycles. The zero-order valence-corrected chi connectivity index (χ0v) is 9.05. The summed E-state index contributed by atoms with van der Waals surface area (Å²) >= 11 is 0.